The van der Waals surface area contributed by atoms with Crippen LogP contribution >= 0.6 is 0 Å². The summed E-state index contributed by atoms with van der Waals surface area (Å²) in [5.41, 5.74) is 0.584. The number of rotatable bonds is 8. The fourth-order valence-electron chi connectivity index (χ4n) is 5.95. The van der Waals surface area contributed by atoms with Crippen molar-refractivity contribution in [2.75, 3.05) is 18.9 Å². The molecule has 40 heavy (non-hydrogen) atoms. The Morgan fingerprint density at radius 1 is 1.18 bits per heavy atom. The van der Waals surface area contributed by atoms with Crippen molar-refractivity contribution in [2.24, 2.45) is 17.3 Å². The Balaban J connectivity index is 1.37. The van der Waals surface area contributed by atoms with Gasteiger partial charge in [-0.3, -0.25) is 19.2 Å². The van der Waals surface area contributed by atoms with Crippen LogP contribution in [0.3, 0.4) is 0 Å². The van der Waals surface area contributed by atoms with E-state index in [1.807, 2.05) is 23.5 Å². The number of halogens is 3. The number of hydrogen-bond acceptors (Lipinski definition) is 5. The standard InChI is InChI=1S/C28H32F3N5O4/c1-35(23(37)21(10-16-6-7-16)34-26(40)28(29,30)31)22(11-17-8-9-17)24(38)36-15-27(13-19(36)14-32)12-18-4-2-3-5-20(18)33-25(27)39/h2-5,16-17,19,21-22H,6-13,15H2,1H3,(H,33,39)(H,34,40)/t19-,21-,22-,27-/m0/s1. The number of hydrogen-bond donors (Lipinski definition) is 2. The molecule has 4 aliphatic rings. The molecule has 4 atom stereocenters. The van der Waals surface area contributed by atoms with Crippen LogP contribution in [0.15, 0.2) is 24.3 Å². The number of carbonyl (C=O) groups is 4. The fourth-order valence-corrected chi connectivity index (χ4v) is 5.95. The van der Waals surface area contributed by atoms with E-state index in [9.17, 15) is 37.6 Å². The van der Waals surface area contributed by atoms with Crippen molar-refractivity contribution >= 4 is 29.3 Å². The number of fused-ring (bicyclic) bond motifs is 1. The maximum atomic E-state index is 14.0. The largest absolute Gasteiger partial charge is 0.471 e. The molecule has 2 heterocycles. The van der Waals surface area contributed by atoms with E-state index in [0.29, 0.717) is 18.5 Å². The highest BCUT2D eigenvalue weighted by molar-refractivity contribution is 6.00. The van der Waals surface area contributed by atoms with Crippen LogP contribution in [0.25, 0.3) is 0 Å². The van der Waals surface area contributed by atoms with Crippen LogP contribution < -0.4 is 10.6 Å². The Hall–Kier alpha value is -3.62. The first-order valence-corrected chi connectivity index (χ1v) is 13.7. The summed E-state index contributed by atoms with van der Waals surface area (Å²) in [7, 11) is 1.36. The summed E-state index contributed by atoms with van der Waals surface area (Å²) < 4.78 is 39.1. The molecule has 2 saturated carbocycles. The average Bonchev–Trinajstić information content (AvgIpc) is 3.85. The normalized spacial score (nSPS) is 25.4. The summed E-state index contributed by atoms with van der Waals surface area (Å²) in [4.78, 5) is 55.0. The lowest BCUT2D eigenvalue weighted by Gasteiger charge is -2.36. The zero-order chi connectivity index (χ0) is 28.8. The molecule has 2 N–H and O–H groups in total. The lowest BCUT2D eigenvalue weighted by molar-refractivity contribution is -0.175. The zero-order valence-electron chi connectivity index (χ0n) is 22.2. The first kappa shape index (κ1) is 27.9. The number of alkyl halides is 3. The molecule has 214 valence electrons. The minimum absolute atomic E-state index is 0.0102. The smallest absolute Gasteiger partial charge is 0.336 e. The molecule has 2 aliphatic heterocycles. The Morgan fingerprint density at radius 2 is 1.82 bits per heavy atom. The third kappa shape index (κ3) is 5.64. The van der Waals surface area contributed by atoms with Gasteiger partial charge in [0.25, 0.3) is 0 Å². The maximum absolute atomic E-state index is 14.0. The molecule has 4 amide bonds. The number of amides is 4. The molecular weight excluding hydrogens is 527 g/mol. The highest BCUT2D eigenvalue weighted by Crippen LogP contribution is 2.44. The van der Waals surface area contributed by atoms with Crippen LogP contribution in [0, 0.1) is 28.6 Å². The number of para-hydroxylation sites is 1. The SMILES string of the molecule is CN(C(=O)[C@H](CC1CC1)NC(=O)C(F)(F)F)[C@@H](CC1CC1)C(=O)N1C[C@]2(Cc3ccccc3NC2=O)C[C@H]1C#N. The number of nitrogens with one attached hydrogen (secondary N) is 2. The summed E-state index contributed by atoms with van der Waals surface area (Å²) in [6, 6.07) is 6.13. The average molecular weight is 560 g/mol. The van der Waals surface area contributed by atoms with Gasteiger partial charge in [-0.1, -0.05) is 43.9 Å². The molecule has 12 heteroatoms. The van der Waals surface area contributed by atoms with E-state index in [1.54, 1.807) is 6.07 Å². The second-order valence-corrected chi connectivity index (χ2v) is 11.7. The topological polar surface area (TPSA) is 123 Å². The van der Waals surface area contributed by atoms with E-state index in [4.69, 9.17) is 0 Å². The molecule has 1 spiro atoms. The molecule has 0 radical (unpaired) electrons. The lowest BCUT2D eigenvalue weighted by atomic mass is 9.76. The van der Waals surface area contributed by atoms with Crippen LogP contribution in [0.5, 0.6) is 0 Å². The summed E-state index contributed by atoms with van der Waals surface area (Å²) in [6.07, 6.45) is -1.09. The Morgan fingerprint density at radius 3 is 2.45 bits per heavy atom. The maximum Gasteiger partial charge on any atom is 0.471 e. The first-order chi connectivity index (χ1) is 18.9. The van der Waals surface area contributed by atoms with Gasteiger partial charge < -0.3 is 20.4 Å². The minimum atomic E-state index is -5.15. The quantitative estimate of drug-likeness (QED) is 0.507. The molecule has 2 aliphatic carbocycles. The molecule has 1 saturated heterocycles. The molecule has 3 fully saturated rings. The number of benzene rings is 1. The van der Waals surface area contributed by atoms with E-state index in [0.717, 1.165) is 36.1 Å². The number of likely N-dealkylation sites (N-methyl/N-ethyl adjacent to an activating group) is 1. The van der Waals surface area contributed by atoms with Crippen molar-refractivity contribution in [3.05, 3.63) is 29.8 Å². The first-order valence-electron chi connectivity index (χ1n) is 13.7. The second-order valence-electron chi connectivity index (χ2n) is 11.7. The number of likely N-dealkylation sites (tertiary alicyclic amines) is 1. The van der Waals surface area contributed by atoms with Gasteiger partial charge in [0.15, 0.2) is 0 Å². The monoisotopic (exact) mass is 559 g/mol. The fraction of sp³-hybridized carbons (Fsp3) is 0.607. The molecule has 1 aromatic rings. The molecule has 1 aromatic carbocycles. The molecule has 0 bridgehead atoms. The Bertz CT molecular complexity index is 1260. The van der Waals surface area contributed by atoms with E-state index in [-0.39, 0.29) is 37.1 Å². The molecular formula is C28H32F3N5O4. The van der Waals surface area contributed by atoms with Gasteiger partial charge in [-0.05, 0) is 49.1 Å². The predicted octanol–water partition coefficient (Wildman–Crippen LogP) is 2.77. The third-order valence-corrected chi connectivity index (χ3v) is 8.62. The third-order valence-electron chi connectivity index (χ3n) is 8.62. The lowest BCUT2D eigenvalue weighted by Crippen LogP contribution is -2.57. The highest BCUT2D eigenvalue weighted by atomic mass is 19.4. The summed E-state index contributed by atoms with van der Waals surface area (Å²) >= 11 is 0. The summed E-state index contributed by atoms with van der Waals surface area (Å²) in [5, 5.41) is 14.7. The van der Waals surface area contributed by atoms with Gasteiger partial charge in [-0.2, -0.15) is 18.4 Å². The minimum Gasteiger partial charge on any atom is -0.336 e. The van der Waals surface area contributed by atoms with Gasteiger partial charge in [0.1, 0.15) is 18.1 Å². The molecule has 0 unspecified atom stereocenters. The number of anilines is 1. The van der Waals surface area contributed by atoms with Crippen molar-refractivity contribution in [1.82, 2.24) is 15.1 Å². The van der Waals surface area contributed by atoms with Gasteiger partial charge in [0.2, 0.25) is 17.7 Å². The predicted molar refractivity (Wildman–Crippen MR) is 136 cm³/mol. The number of nitrogens with zero attached hydrogens (tertiary/aromatic N) is 3. The summed E-state index contributed by atoms with van der Waals surface area (Å²) in [5.74, 6) is -3.55. The summed E-state index contributed by atoms with van der Waals surface area (Å²) in [6.45, 7) is -0.0102. The van der Waals surface area contributed by atoms with Gasteiger partial charge in [-0.25, -0.2) is 0 Å². The van der Waals surface area contributed by atoms with Crippen molar-refractivity contribution in [1.29, 1.82) is 5.26 Å². The van der Waals surface area contributed by atoms with E-state index in [1.165, 1.54) is 11.9 Å². The second kappa shape index (κ2) is 10.4. The van der Waals surface area contributed by atoms with Crippen LogP contribution in [-0.2, 0) is 25.6 Å². The van der Waals surface area contributed by atoms with Crippen molar-refractivity contribution in [3.63, 3.8) is 0 Å². The van der Waals surface area contributed by atoms with Gasteiger partial charge in [0, 0.05) is 19.3 Å². The van der Waals surface area contributed by atoms with Crippen LogP contribution in [0.1, 0.15) is 50.5 Å². The number of nitriles is 1. The van der Waals surface area contributed by atoms with E-state index < -0.39 is 47.4 Å². The van der Waals surface area contributed by atoms with Crippen molar-refractivity contribution in [2.45, 2.75) is 75.7 Å². The Kier molecular flexibility index (Phi) is 7.27. The highest BCUT2D eigenvalue weighted by Gasteiger charge is 2.54. The van der Waals surface area contributed by atoms with Crippen LogP contribution in [-0.4, -0.2) is 71.3 Å². The molecule has 9 nitrogen and oxygen atoms in total. The molecule has 0 aromatic heterocycles. The van der Waals surface area contributed by atoms with Crippen molar-refractivity contribution in [3.8, 4) is 6.07 Å². The van der Waals surface area contributed by atoms with Gasteiger partial charge >= 0.3 is 12.1 Å². The Labute approximate surface area is 230 Å². The van der Waals surface area contributed by atoms with Crippen LogP contribution in [0.4, 0.5) is 18.9 Å². The molecule has 5 rings (SSSR count). The van der Waals surface area contributed by atoms with E-state index in [2.05, 4.69) is 11.4 Å². The van der Waals surface area contributed by atoms with Crippen LogP contribution in [0.2, 0.25) is 0 Å². The van der Waals surface area contributed by atoms with Gasteiger partial charge in [0.05, 0.1) is 11.5 Å². The zero-order valence-corrected chi connectivity index (χ0v) is 22.2. The number of carbonyl (C=O) groups excluding carboxylic acids is 4. The van der Waals surface area contributed by atoms with E-state index >= 15 is 0 Å². The van der Waals surface area contributed by atoms with Gasteiger partial charge in [-0.15, -0.1) is 0 Å². The van der Waals surface area contributed by atoms with Crippen molar-refractivity contribution < 1.29 is 32.3 Å².